The number of ether oxygens (including phenoxy) is 1. The summed E-state index contributed by atoms with van der Waals surface area (Å²) < 4.78 is 30.8. The second-order valence-corrected chi connectivity index (χ2v) is 4.86. The van der Waals surface area contributed by atoms with Crippen LogP contribution in [0.25, 0.3) is 0 Å². The Kier molecular flexibility index (Phi) is 6.35. The lowest BCUT2D eigenvalue weighted by atomic mass is 10.1. The highest BCUT2D eigenvalue weighted by Gasteiger charge is 2.00. The van der Waals surface area contributed by atoms with Gasteiger partial charge in [-0.3, -0.25) is 0 Å². The van der Waals surface area contributed by atoms with Gasteiger partial charge in [-0.1, -0.05) is 12.1 Å². The van der Waals surface area contributed by atoms with Crippen LogP contribution in [0.15, 0.2) is 48.5 Å². The molecule has 0 fully saturated rings. The summed E-state index contributed by atoms with van der Waals surface area (Å²) in [4.78, 5) is 11.6. The zero-order valence-corrected chi connectivity index (χ0v) is 12.5. The molecule has 23 heavy (non-hydrogen) atoms. The van der Waals surface area contributed by atoms with E-state index in [1.54, 1.807) is 12.1 Å². The molecule has 0 aliphatic heterocycles. The van der Waals surface area contributed by atoms with Crippen molar-refractivity contribution in [2.75, 3.05) is 19.7 Å². The Labute approximate surface area is 133 Å². The molecule has 2 aromatic carbocycles. The Hall–Kier alpha value is -2.63. The van der Waals surface area contributed by atoms with Gasteiger partial charge in [-0.25, -0.2) is 13.6 Å². The molecule has 0 atom stereocenters. The van der Waals surface area contributed by atoms with E-state index in [2.05, 4.69) is 10.6 Å². The van der Waals surface area contributed by atoms with Gasteiger partial charge in [0.25, 0.3) is 0 Å². The molecule has 0 aromatic heterocycles. The monoisotopic (exact) mass is 320 g/mol. The van der Waals surface area contributed by atoms with Crippen molar-refractivity contribution < 1.29 is 18.3 Å². The molecule has 2 N–H and O–H groups in total. The van der Waals surface area contributed by atoms with Crippen LogP contribution in [0.4, 0.5) is 13.6 Å². The summed E-state index contributed by atoms with van der Waals surface area (Å²) in [5.41, 5.74) is 0.950. The number of hydrogen-bond acceptors (Lipinski definition) is 2. The predicted octanol–water partition coefficient (Wildman–Crippen LogP) is 2.89. The zero-order chi connectivity index (χ0) is 16.5. The van der Waals surface area contributed by atoms with Crippen molar-refractivity contribution in [2.24, 2.45) is 0 Å². The van der Waals surface area contributed by atoms with Crippen molar-refractivity contribution in [3.63, 3.8) is 0 Å². The molecule has 0 heterocycles. The normalized spacial score (nSPS) is 10.2. The van der Waals surface area contributed by atoms with Crippen molar-refractivity contribution >= 4 is 6.03 Å². The number of amides is 2. The van der Waals surface area contributed by atoms with Crippen LogP contribution in [0.1, 0.15) is 5.56 Å². The van der Waals surface area contributed by atoms with Gasteiger partial charge in [0.05, 0.1) is 6.54 Å². The third-order valence-corrected chi connectivity index (χ3v) is 3.08. The molecule has 0 saturated heterocycles. The van der Waals surface area contributed by atoms with Gasteiger partial charge in [0.15, 0.2) is 0 Å². The second-order valence-electron chi connectivity index (χ2n) is 4.86. The molecule has 4 nitrogen and oxygen atoms in total. The number of carbonyl (C=O) groups excluding carboxylic acids is 1. The van der Waals surface area contributed by atoms with Crippen LogP contribution in [-0.2, 0) is 6.42 Å². The molecule has 6 heteroatoms. The summed E-state index contributed by atoms with van der Waals surface area (Å²) in [5.74, 6) is -0.0541. The summed E-state index contributed by atoms with van der Waals surface area (Å²) in [6.07, 6.45) is 0.625. The minimum Gasteiger partial charge on any atom is -0.492 e. The molecule has 0 bridgehead atoms. The Balaban J connectivity index is 1.56. The standard InChI is InChI=1S/C17H18F2N2O2/c18-14-3-1-13(2-4-14)9-10-20-17(22)21-11-12-23-16-7-5-15(19)6-8-16/h1-8H,9-12H2,(H2,20,21,22). The predicted molar refractivity (Wildman–Crippen MR) is 83.4 cm³/mol. The van der Waals surface area contributed by atoms with Gasteiger partial charge in [-0.05, 0) is 48.4 Å². The Morgan fingerprint density at radius 3 is 2.09 bits per heavy atom. The maximum atomic E-state index is 12.7. The van der Waals surface area contributed by atoms with Gasteiger partial charge in [0.2, 0.25) is 0 Å². The number of hydrogen-bond donors (Lipinski definition) is 2. The molecule has 122 valence electrons. The fraction of sp³-hybridized carbons (Fsp3) is 0.235. The third-order valence-electron chi connectivity index (χ3n) is 3.08. The number of urea groups is 1. The highest BCUT2D eigenvalue weighted by molar-refractivity contribution is 5.73. The minimum atomic E-state index is -0.323. The Morgan fingerprint density at radius 2 is 1.43 bits per heavy atom. The first kappa shape index (κ1) is 16.7. The molecule has 2 rings (SSSR count). The van der Waals surface area contributed by atoms with Crippen molar-refractivity contribution in [1.82, 2.24) is 10.6 Å². The van der Waals surface area contributed by atoms with E-state index >= 15 is 0 Å². The van der Waals surface area contributed by atoms with Crippen LogP contribution in [0.5, 0.6) is 5.75 Å². The van der Waals surface area contributed by atoms with Gasteiger partial charge in [0, 0.05) is 6.54 Å². The topological polar surface area (TPSA) is 50.4 Å². The van der Waals surface area contributed by atoms with Crippen LogP contribution in [-0.4, -0.2) is 25.7 Å². The highest BCUT2D eigenvalue weighted by atomic mass is 19.1. The second kappa shape index (κ2) is 8.73. The lowest BCUT2D eigenvalue weighted by molar-refractivity contribution is 0.236. The van der Waals surface area contributed by atoms with Crippen LogP contribution >= 0.6 is 0 Å². The average molecular weight is 320 g/mol. The SMILES string of the molecule is O=C(NCCOc1ccc(F)cc1)NCCc1ccc(F)cc1. The van der Waals surface area contributed by atoms with E-state index in [4.69, 9.17) is 4.74 Å². The van der Waals surface area contributed by atoms with Gasteiger partial charge in [-0.15, -0.1) is 0 Å². The lowest BCUT2D eigenvalue weighted by Gasteiger charge is -2.09. The number of halogens is 2. The van der Waals surface area contributed by atoms with E-state index in [-0.39, 0.29) is 24.3 Å². The van der Waals surface area contributed by atoms with E-state index in [0.29, 0.717) is 25.3 Å². The van der Waals surface area contributed by atoms with E-state index < -0.39 is 0 Å². The average Bonchev–Trinajstić information content (AvgIpc) is 2.55. The van der Waals surface area contributed by atoms with Crippen molar-refractivity contribution in [3.8, 4) is 5.75 Å². The third kappa shape index (κ3) is 6.34. The summed E-state index contributed by atoms with van der Waals surface area (Å²) in [6.45, 7) is 1.08. The fourth-order valence-corrected chi connectivity index (χ4v) is 1.90. The number of carbonyl (C=O) groups is 1. The van der Waals surface area contributed by atoms with Crippen LogP contribution < -0.4 is 15.4 Å². The van der Waals surface area contributed by atoms with Gasteiger partial charge >= 0.3 is 6.03 Å². The molecule has 0 unspecified atom stereocenters. The minimum absolute atomic E-state index is 0.277. The Morgan fingerprint density at radius 1 is 0.870 bits per heavy atom. The fourth-order valence-electron chi connectivity index (χ4n) is 1.90. The van der Waals surface area contributed by atoms with Gasteiger partial charge in [-0.2, -0.15) is 0 Å². The van der Waals surface area contributed by atoms with Crippen molar-refractivity contribution in [2.45, 2.75) is 6.42 Å². The first-order chi connectivity index (χ1) is 11.1. The zero-order valence-electron chi connectivity index (χ0n) is 12.5. The first-order valence-electron chi connectivity index (χ1n) is 7.28. The molecular formula is C17H18F2N2O2. The maximum absolute atomic E-state index is 12.7. The van der Waals surface area contributed by atoms with E-state index in [1.165, 1.54) is 36.4 Å². The maximum Gasteiger partial charge on any atom is 0.314 e. The molecule has 0 radical (unpaired) electrons. The molecule has 0 saturated carbocycles. The summed E-state index contributed by atoms with van der Waals surface area (Å²) >= 11 is 0. The quantitative estimate of drug-likeness (QED) is 0.771. The summed E-state index contributed by atoms with van der Waals surface area (Å²) in [5, 5.41) is 5.35. The first-order valence-corrected chi connectivity index (χ1v) is 7.28. The number of rotatable bonds is 7. The van der Waals surface area contributed by atoms with Crippen molar-refractivity contribution in [1.29, 1.82) is 0 Å². The molecule has 0 spiro atoms. The molecular weight excluding hydrogens is 302 g/mol. The van der Waals surface area contributed by atoms with Crippen LogP contribution in [0.3, 0.4) is 0 Å². The van der Waals surface area contributed by atoms with Crippen LogP contribution in [0.2, 0.25) is 0 Å². The number of nitrogens with one attached hydrogen (secondary N) is 2. The van der Waals surface area contributed by atoms with E-state index in [0.717, 1.165) is 5.56 Å². The smallest absolute Gasteiger partial charge is 0.314 e. The molecule has 2 aromatic rings. The van der Waals surface area contributed by atoms with Gasteiger partial charge in [0.1, 0.15) is 24.0 Å². The van der Waals surface area contributed by atoms with E-state index in [1.807, 2.05) is 0 Å². The summed E-state index contributed by atoms with van der Waals surface area (Å²) in [7, 11) is 0. The molecule has 2 amide bonds. The molecule has 0 aliphatic carbocycles. The largest absolute Gasteiger partial charge is 0.492 e. The molecule has 0 aliphatic rings. The lowest BCUT2D eigenvalue weighted by Crippen LogP contribution is -2.38. The van der Waals surface area contributed by atoms with E-state index in [9.17, 15) is 13.6 Å². The van der Waals surface area contributed by atoms with Crippen molar-refractivity contribution in [3.05, 3.63) is 65.7 Å². The Bertz CT molecular complexity index is 615. The summed E-state index contributed by atoms with van der Waals surface area (Å²) in [6, 6.07) is 11.5. The highest BCUT2D eigenvalue weighted by Crippen LogP contribution is 2.10. The number of benzene rings is 2. The van der Waals surface area contributed by atoms with Crippen LogP contribution in [0, 0.1) is 11.6 Å². The van der Waals surface area contributed by atoms with Gasteiger partial charge < -0.3 is 15.4 Å².